The number of aromatic nitrogens is 4. The smallest absolute Gasteiger partial charge is 0.151 e. The molecule has 4 rings (SSSR count). The highest BCUT2D eigenvalue weighted by Gasteiger charge is 2.19. The molecule has 0 aromatic carbocycles. The number of hydrogen-bond donors (Lipinski definition) is 0. The summed E-state index contributed by atoms with van der Waals surface area (Å²) in [6, 6.07) is 10.2. The van der Waals surface area contributed by atoms with Crippen LogP contribution in [0.3, 0.4) is 0 Å². The summed E-state index contributed by atoms with van der Waals surface area (Å²) in [6.45, 7) is 5.59. The molecule has 0 atom stereocenters. The van der Waals surface area contributed by atoms with Crippen molar-refractivity contribution in [1.29, 1.82) is 0 Å². The quantitative estimate of drug-likeness (QED) is 0.732. The fraction of sp³-hybridized carbons (Fsp3) is 0.294. The second-order valence-electron chi connectivity index (χ2n) is 5.69. The van der Waals surface area contributed by atoms with Crippen molar-refractivity contribution in [2.24, 2.45) is 0 Å². The molecule has 1 fully saturated rings. The van der Waals surface area contributed by atoms with E-state index in [1.54, 1.807) is 11.3 Å². The molecule has 24 heavy (non-hydrogen) atoms. The summed E-state index contributed by atoms with van der Waals surface area (Å²) in [5.74, 6) is 2.75. The molecule has 3 aromatic rings. The summed E-state index contributed by atoms with van der Waals surface area (Å²) in [5, 5.41) is 10.8. The molecule has 1 aliphatic heterocycles. The number of thiophene rings is 1. The van der Waals surface area contributed by atoms with Crippen molar-refractivity contribution in [2.45, 2.75) is 6.92 Å². The van der Waals surface area contributed by atoms with E-state index in [1.807, 2.05) is 31.3 Å². The third kappa shape index (κ3) is 3.07. The molecule has 1 saturated heterocycles. The van der Waals surface area contributed by atoms with E-state index < -0.39 is 0 Å². The van der Waals surface area contributed by atoms with E-state index in [0.29, 0.717) is 0 Å². The first kappa shape index (κ1) is 15.0. The lowest BCUT2D eigenvalue weighted by Gasteiger charge is -2.35. The van der Waals surface area contributed by atoms with Crippen LogP contribution in [0.2, 0.25) is 0 Å². The molecular formula is C17H18N6S. The van der Waals surface area contributed by atoms with Crippen LogP contribution >= 0.6 is 11.3 Å². The van der Waals surface area contributed by atoms with Crippen molar-refractivity contribution < 1.29 is 0 Å². The van der Waals surface area contributed by atoms with Crippen LogP contribution in [0.15, 0.2) is 41.9 Å². The molecule has 4 heterocycles. The second-order valence-corrected chi connectivity index (χ2v) is 6.64. The highest BCUT2D eigenvalue weighted by molar-refractivity contribution is 7.13. The largest absolute Gasteiger partial charge is 0.353 e. The van der Waals surface area contributed by atoms with Crippen LogP contribution in [0.25, 0.3) is 10.6 Å². The van der Waals surface area contributed by atoms with Gasteiger partial charge < -0.3 is 9.80 Å². The van der Waals surface area contributed by atoms with Gasteiger partial charge in [0.1, 0.15) is 17.3 Å². The summed E-state index contributed by atoms with van der Waals surface area (Å²) in [4.78, 5) is 14.4. The molecule has 7 heteroatoms. The topological polar surface area (TPSA) is 58.0 Å². The van der Waals surface area contributed by atoms with Gasteiger partial charge in [0.15, 0.2) is 5.82 Å². The van der Waals surface area contributed by atoms with Gasteiger partial charge in [0, 0.05) is 32.4 Å². The standard InChI is InChI=1S/C17H18N6S/c1-13-18-7-6-16(19-13)22-8-10-23(11-9-22)17-5-4-14(20-21-17)15-3-2-12-24-15/h2-7,12H,8-11H2,1H3. The Labute approximate surface area is 144 Å². The Morgan fingerprint density at radius 1 is 0.917 bits per heavy atom. The molecule has 0 aliphatic carbocycles. The molecule has 3 aromatic heterocycles. The van der Waals surface area contributed by atoms with E-state index in [1.165, 1.54) is 0 Å². The maximum absolute atomic E-state index is 4.50. The normalized spacial score (nSPS) is 14.9. The van der Waals surface area contributed by atoms with Crippen LogP contribution < -0.4 is 9.80 Å². The lowest BCUT2D eigenvalue weighted by Crippen LogP contribution is -2.47. The van der Waals surface area contributed by atoms with E-state index in [9.17, 15) is 0 Å². The second kappa shape index (κ2) is 6.52. The summed E-state index contributed by atoms with van der Waals surface area (Å²) in [5.41, 5.74) is 0.934. The summed E-state index contributed by atoms with van der Waals surface area (Å²) >= 11 is 1.68. The van der Waals surface area contributed by atoms with Crippen LogP contribution in [0.4, 0.5) is 11.6 Å². The molecule has 6 nitrogen and oxygen atoms in total. The van der Waals surface area contributed by atoms with Gasteiger partial charge in [-0.2, -0.15) is 0 Å². The summed E-state index contributed by atoms with van der Waals surface area (Å²) in [6.07, 6.45) is 1.82. The Morgan fingerprint density at radius 3 is 2.33 bits per heavy atom. The molecule has 0 amide bonds. The first-order chi connectivity index (χ1) is 11.8. The molecule has 1 aliphatic rings. The number of rotatable bonds is 3. The van der Waals surface area contributed by atoms with Crippen molar-refractivity contribution in [2.75, 3.05) is 36.0 Å². The van der Waals surface area contributed by atoms with Gasteiger partial charge in [-0.25, -0.2) is 9.97 Å². The monoisotopic (exact) mass is 338 g/mol. The zero-order chi connectivity index (χ0) is 16.4. The van der Waals surface area contributed by atoms with Crippen LogP contribution in [0.1, 0.15) is 5.82 Å². The van der Waals surface area contributed by atoms with Crippen molar-refractivity contribution in [3.63, 3.8) is 0 Å². The molecule has 0 saturated carbocycles. The molecule has 0 N–H and O–H groups in total. The van der Waals surface area contributed by atoms with E-state index in [0.717, 1.165) is 54.2 Å². The number of piperazine rings is 1. The average Bonchev–Trinajstić information content (AvgIpc) is 3.17. The van der Waals surface area contributed by atoms with E-state index in [4.69, 9.17) is 0 Å². The zero-order valence-corrected chi connectivity index (χ0v) is 14.3. The lowest BCUT2D eigenvalue weighted by atomic mass is 10.3. The van der Waals surface area contributed by atoms with Gasteiger partial charge in [-0.15, -0.1) is 21.5 Å². The van der Waals surface area contributed by atoms with Crippen LogP contribution in [-0.2, 0) is 0 Å². The Balaban J connectivity index is 1.42. The van der Waals surface area contributed by atoms with Crippen molar-refractivity contribution in [3.8, 4) is 10.6 Å². The molecule has 0 spiro atoms. The number of nitrogens with zero attached hydrogens (tertiary/aromatic N) is 6. The van der Waals surface area contributed by atoms with Gasteiger partial charge in [0.2, 0.25) is 0 Å². The summed E-state index contributed by atoms with van der Waals surface area (Å²) in [7, 11) is 0. The predicted molar refractivity (Wildman–Crippen MR) is 96.5 cm³/mol. The van der Waals surface area contributed by atoms with Crippen molar-refractivity contribution >= 4 is 23.0 Å². The number of aryl methyl sites for hydroxylation is 1. The maximum atomic E-state index is 4.50. The van der Waals surface area contributed by atoms with Gasteiger partial charge in [-0.3, -0.25) is 0 Å². The van der Waals surface area contributed by atoms with Crippen LogP contribution in [0, 0.1) is 6.92 Å². The van der Waals surface area contributed by atoms with Crippen molar-refractivity contribution in [3.05, 3.63) is 47.7 Å². The molecule has 0 unspecified atom stereocenters. The molecule has 0 radical (unpaired) electrons. The number of anilines is 2. The van der Waals surface area contributed by atoms with Gasteiger partial charge in [0.05, 0.1) is 4.88 Å². The number of hydrogen-bond acceptors (Lipinski definition) is 7. The Morgan fingerprint density at radius 2 is 1.71 bits per heavy atom. The average molecular weight is 338 g/mol. The van der Waals surface area contributed by atoms with Crippen LogP contribution in [-0.4, -0.2) is 46.3 Å². The van der Waals surface area contributed by atoms with Gasteiger partial charge in [-0.1, -0.05) is 6.07 Å². The molecule has 122 valence electrons. The van der Waals surface area contributed by atoms with Crippen LogP contribution in [0.5, 0.6) is 0 Å². The van der Waals surface area contributed by atoms with Crippen molar-refractivity contribution in [1.82, 2.24) is 20.2 Å². The van der Waals surface area contributed by atoms with E-state index >= 15 is 0 Å². The van der Waals surface area contributed by atoms with Gasteiger partial charge in [0.25, 0.3) is 0 Å². The maximum Gasteiger partial charge on any atom is 0.151 e. The third-order valence-electron chi connectivity index (χ3n) is 4.11. The predicted octanol–water partition coefficient (Wildman–Crippen LogP) is 2.63. The zero-order valence-electron chi connectivity index (χ0n) is 13.5. The minimum Gasteiger partial charge on any atom is -0.353 e. The molecular weight excluding hydrogens is 320 g/mol. The lowest BCUT2D eigenvalue weighted by molar-refractivity contribution is 0.637. The highest BCUT2D eigenvalue weighted by Crippen LogP contribution is 2.23. The fourth-order valence-electron chi connectivity index (χ4n) is 2.83. The third-order valence-corrected chi connectivity index (χ3v) is 5.01. The summed E-state index contributed by atoms with van der Waals surface area (Å²) < 4.78 is 0. The minimum absolute atomic E-state index is 0.810. The molecule has 0 bridgehead atoms. The Kier molecular flexibility index (Phi) is 4.08. The Bertz CT molecular complexity index is 794. The first-order valence-corrected chi connectivity index (χ1v) is 8.85. The fourth-order valence-corrected chi connectivity index (χ4v) is 3.52. The van der Waals surface area contributed by atoms with Gasteiger partial charge >= 0.3 is 0 Å². The van der Waals surface area contributed by atoms with E-state index in [-0.39, 0.29) is 0 Å². The first-order valence-electron chi connectivity index (χ1n) is 7.97. The van der Waals surface area contributed by atoms with E-state index in [2.05, 4.69) is 47.5 Å². The Hall–Kier alpha value is -2.54. The SMILES string of the molecule is Cc1nccc(N2CCN(c3ccc(-c4cccs4)nn3)CC2)n1. The van der Waals surface area contributed by atoms with Gasteiger partial charge in [-0.05, 0) is 36.6 Å². The highest BCUT2D eigenvalue weighted by atomic mass is 32.1. The minimum atomic E-state index is 0.810.